The monoisotopic (exact) mass is 284 g/mol. The van der Waals surface area contributed by atoms with E-state index >= 15 is 0 Å². The molecule has 2 unspecified atom stereocenters. The number of morpholine rings is 1. The fourth-order valence-corrected chi connectivity index (χ4v) is 2.61. The summed E-state index contributed by atoms with van der Waals surface area (Å²) in [7, 11) is 0. The van der Waals surface area contributed by atoms with Gasteiger partial charge in [0, 0.05) is 25.6 Å². The SMILES string of the molecule is CCCCCCCCCC(=O)N1CCOC(C(C)N)C1. The van der Waals surface area contributed by atoms with Gasteiger partial charge < -0.3 is 15.4 Å². The summed E-state index contributed by atoms with van der Waals surface area (Å²) in [5.74, 6) is 0.271. The topological polar surface area (TPSA) is 55.6 Å². The van der Waals surface area contributed by atoms with Crippen LogP contribution >= 0.6 is 0 Å². The highest BCUT2D eigenvalue weighted by atomic mass is 16.5. The Morgan fingerprint density at radius 1 is 1.25 bits per heavy atom. The lowest BCUT2D eigenvalue weighted by Gasteiger charge is -2.34. The van der Waals surface area contributed by atoms with Crippen LogP contribution in [0.2, 0.25) is 0 Å². The van der Waals surface area contributed by atoms with E-state index in [1.807, 2.05) is 11.8 Å². The number of carbonyl (C=O) groups excluding carboxylic acids is 1. The second kappa shape index (κ2) is 10.2. The molecule has 0 aromatic rings. The summed E-state index contributed by atoms with van der Waals surface area (Å²) in [4.78, 5) is 14.1. The smallest absolute Gasteiger partial charge is 0.222 e. The Hall–Kier alpha value is -0.610. The molecule has 118 valence electrons. The van der Waals surface area contributed by atoms with Crippen LogP contribution in [0.1, 0.15) is 65.2 Å². The lowest BCUT2D eigenvalue weighted by atomic mass is 10.1. The van der Waals surface area contributed by atoms with Crippen LogP contribution in [-0.4, -0.2) is 42.6 Å². The molecule has 0 aromatic carbocycles. The van der Waals surface area contributed by atoms with Crippen molar-refractivity contribution in [3.8, 4) is 0 Å². The van der Waals surface area contributed by atoms with E-state index in [1.54, 1.807) is 0 Å². The van der Waals surface area contributed by atoms with Gasteiger partial charge in [-0.15, -0.1) is 0 Å². The number of rotatable bonds is 9. The Morgan fingerprint density at radius 3 is 2.55 bits per heavy atom. The summed E-state index contributed by atoms with van der Waals surface area (Å²) < 4.78 is 5.58. The van der Waals surface area contributed by atoms with E-state index in [4.69, 9.17) is 10.5 Å². The highest BCUT2D eigenvalue weighted by Crippen LogP contribution is 2.12. The number of amides is 1. The first-order valence-corrected chi connectivity index (χ1v) is 8.30. The lowest BCUT2D eigenvalue weighted by molar-refractivity contribution is -0.139. The maximum Gasteiger partial charge on any atom is 0.222 e. The second-order valence-corrected chi connectivity index (χ2v) is 5.98. The van der Waals surface area contributed by atoms with Crippen molar-refractivity contribution in [2.24, 2.45) is 5.73 Å². The van der Waals surface area contributed by atoms with Crippen molar-refractivity contribution < 1.29 is 9.53 Å². The maximum absolute atomic E-state index is 12.1. The highest BCUT2D eigenvalue weighted by Gasteiger charge is 2.25. The molecule has 1 aliphatic heterocycles. The average molecular weight is 284 g/mol. The Balaban J connectivity index is 2.10. The van der Waals surface area contributed by atoms with E-state index in [0.29, 0.717) is 19.6 Å². The zero-order chi connectivity index (χ0) is 14.8. The first-order chi connectivity index (χ1) is 9.65. The summed E-state index contributed by atoms with van der Waals surface area (Å²) in [6.45, 7) is 6.17. The van der Waals surface area contributed by atoms with Crippen molar-refractivity contribution in [2.45, 2.75) is 77.4 Å². The molecule has 0 aromatic heterocycles. The highest BCUT2D eigenvalue weighted by molar-refractivity contribution is 5.76. The predicted octanol–water partition coefficient (Wildman–Crippen LogP) is 2.70. The zero-order valence-electron chi connectivity index (χ0n) is 13.3. The summed E-state index contributed by atoms with van der Waals surface area (Å²) in [5, 5.41) is 0. The molecule has 0 spiro atoms. The van der Waals surface area contributed by atoms with Gasteiger partial charge in [0.2, 0.25) is 5.91 Å². The van der Waals surface area contributed by atoms with Crippen molar-refractivity contribution in [3.05, 3.63) is 0 Å². The summed E-state index contributed by atoms with van der Waals surface area (Å²) in [6, 6.07) is -0.0100. The van der Waals surface area contributed by atoms with Crippen LogP contribution in [0.25, 0.3) is 0 Å². The van der Waals surface area contributed by atoms with Gasteiger partial charge in [-0.05, 0) is 13.3 Å². The van der Waals surface area contributed by atoms with Crippen molar-refractivity contribution >= 4 is 5.91 Å². The molecule has 1 rings (SSSR count). The second-order valence-electron chi connectivity index (χ2n) is 5.98. The molecular weight excluding hydrogens is 252 g/mol. The largest absolute Gasteiger partial charge is 0.373 e. The van der Waals surface area contributed by atoms with Crippen LogP contribution < -0.4 is 5.73 Å². The van der Waals surface area contributed by atoms with Gasteiger partial charge in [0.25, 0.3) is 0 Å². The molecule has 1 heterocycles. The summed E-state index contributed by atoms with van der Waals surface area (Å²) in [5.41, 5.74) is 5.85. The molecule has 2 atom stereocenters. The van der Waals surface area contributed by atoms with Gasteiger partial charge in [-0.2, -0.15) is 0 Å². The molecule has 1 fully saturated rings. The van der Waals surface area contributed by atoms with Crippen LogP contribution in [0.5, 0.6) is 0 Å². The summed E-state index contributed by atoms with van der Waals surface area (Å²) >= 11 is 0. The predicted molar refractivity (Wildman–Crippen MR) is 82.6 cm³/mol. The molecule has 0 bridgehead atoms. The van der Waals surface area contributed by atoms with E-state index in [-0.39, 0.29) is 18.1 Å². The van der Waals surface area contributed by atoms with Crippen LogP contribution in [0.4, 0.5) is 0 Å². The minimum Gasteiger partial charge on any atom is -0.373 e. The van der Waals surface area contributed by atoms with E-state index in [9.17, 15) is 4.79 Å². The van der Waals surface area contributed by atoms with E-state index in [2.05, 4.69) is 6.92 Å². The van der Waals surface area contributed by atoms with Crippen LogP contribution in [-0.2, 0) is 9.53 Å². The van der Waals surface area contributed by atoms with E-state index in [0.717, 1.165) is 13.0 Å². The minimum absolute atomic E-state index is 0.00161. The van der Waals surface area contributed by atoms with Gasteiger partial charge in [0.05, 0.1) is 12.7 Å². The molecule has 0 radical (unpaired) electrons. The average Bonchev–Trinajstić information content (AvgIpc) is 2.46. The molecule has 20 heavy (non-hydrogen) atoms. The number of ether oxygens (including phenoxy) is 1. The third-order valence-electron chi connectivity index (χ3n) is 4.03. The number of hydrogen-bond acceptors (Lipinski definition) is 3. The molecule has 0 aliphatic carbocycles. The number of nitrogens with zero attached hydrogens (tertiary/aromatic N) is 1. The summed E-state index contributed by atoms with van der Waals surface area (Å²) in [6.07, 6.45) is 9.42. The van der Waals surface area contributed by atoms with Gasteiger partial charge in [-0.3, -0.25) is 4.79 Å². The normalized spacial score (nSPS) is 20.9. The van der Waals surface area contributed by atoms with Gasteiger partial charge in [0.1, 0.15) is 0 Å². The third kappa shape index (κ3) is 6.71. The maximum atomic E-state index is 12.1. The molecule has 1 saturated heterocycles. The van der Waals surface area contributed by atoms with Gasteiger partial charge in [0.15, 0.2) is 0 Å². The molecule has 4 heteroatoms. The first-order valence-electron chi connectivity index (χ1n) is 8.30. The molecule has 0 saturated carbocycles. The van der Waals surface area contributed by atoms with Gasteiger partial charge in [-0.1, -0.05) is 45.4 Å². The number of unbranched alkanes of at least 4 members (excludes halogenated alkanes) is 6. The van der Waals surface area contributed by atoms with Gasteiger partial charge in [-0.25, -0.2) is 0 Å². The molecular formula is C16H32N2O2. The van der Waals surface area contributed by atoms with Crippen LogP contribution in [0, 0.1) is 0 Å². The Kier molecular flexibility index (Phi) is 8.86. The fraction of sp³-hybridized carbons (Fsp3) is 0.938. The zero-order valence-corrected chi connectivity index (χ0v) is 13.3. The fourth-order valence-electron chi connectivity index (χ4n) is 2.61. The molecule has 2 N–H and O–H groups in total. The quantitative estimate of drug-likeness (QED) is 0.662. The first kappa shape index (κ1) is 17.4. The van der Waals surface area contributed by atoms with Gasteiger partial charge >= 0.3 is 0 Å². The molecule has 1 aliphatic rings. The Labute approximate surface area is 124 Å². The standard InChI is InChI=1S/C16H32N2O2/c1-3-4-5-6-7-8-9-10-16(19)18-11-12-20-15(13-18)14(2)17/h14-15H,3-13,17H2,1-2H3. The van der Waals surface area contributed by atoms with E-state index in [1.165, 1.54) is 38.5 Å². The van der Waals surface area contributed by atoms with Crippen LogP contribution in [0.15, 0.2) is 0 Å². The number of hydrogen-bond donors (Lipinski definition) is 1. The number of carbonyl (C=O) groups is 1. The minimum atomic E-state index is -0.0100. The van der Waals surface area contributed by atoms with Crippen molar-refractivity contribution in [1.29, 1.82) is 0 Å². The molecule has 1 amide bonds. The Morgan fingerprint density at radius 2 is 1.90 bits per heavy atom. The van der Waals surface area contributed by atoms with Crippen molar-refractivity contribution in [3.63, 3.8) is 0 Å². The van der Waals surface area contributed by atoms with Crippen molar-refractivity contribution in [1.82, 2.24) is 4.90 Å². The Bertz CT molecular complexity index is 269. The molecule has 4 nitrogen and oxygen atoms in total. The number of nitrogens with two attached hydrogens (primary N) is 1. The van der Waals surface area contributed by atoms with Crippen LogP contribution in [0.3, 0.4) is 0 Å². The lowest BCUT2D eigenvalue weighted by Crippen LogP contribution is -2.51. The third-order valence-corrected chi connectivity index (χ3v) is 4.03. The van der Waals surface area contributed by atoms with Crippen molar-refractivity contribution in [2.75, 3.05) is 19.7 Å². The van der Waals surface area contributed by atoms with E-state index < -0.39 is 0 Å².